The van der Waals surface area contributed by atoms with E-state index in [0.29, 0.717) is 18.0 Å². The lowest BCUT2D eigenvalue weighted by atomic mass is 10.1. The molecule has 21 heavy (non-hydrogen) atoms. The fraction of sp³-hybridized carbons (Fsp3) is 0.375. The molecule has 1 amide bonds. The summed E-state index contributed by atoms with van der Waals surface area (Å²) in [5.74, 6) is 0.133. The first-order valence-corrected chi connectivity index (χ1v) is 7.12. The molecule has 1 aliphatic rings. The zero-order valence-corrected chi connectivity index (χ0v) is 11.9. The normalized spacial score (nSPS) is 15.9. The lowest BCUT2D eigenvalue weighted by molar-refractivity contribution is 0.0714. The number of likely N-dealkylation sites (N-methyl/N-ethyl adjacent to an activating group) is 1. The van der Waals surface area contributed by atoms with E-state index in [9.17, 15) is 9.59 Å². The first-order chi connectivity index (χ1) is 10.1. The number of hydrogen-bond acceptors (Lipinski definition) is 4. The molecular weight excluding hydrogens is 268 g/mol. The summed E-state index contributed by atoms with van der Waals surface area (Å²) in [7, 11) is 1.70. The smallest absolute Gasteiger partial charge is 0.349 e. The van der Waals surface area contributed by atoms with Crippen molar-refractivity contribution in [3.05, 3.63) is 46.3 Å². The van der Waals surface area contributed by atoms with Gasteiger partial charge in [-0.1, -0.05) is 18.2 Å². The van der Waals surface area contributed by atoms with Crippen LogP contribution in [0.2, 0.25) is 0 Å². The maximum Gasteiger partial charge on any atom is 0.349 e. The second-order valence-electron chi connectivity index (χ2n) is 5.54. The molecular formula is C16H18N2O3. The molecule has 2 aromatic rings. The predicted molar refractivity (Wildman–Crippen MR) is 80.1 cm³/mol. The quantitative estimate of drug-likeness (QED) is 0.866. The third kappa shape index (κ3) is 2.56. The van der Waals surface area contributed by atoms with Gasteiger partial charge in [0.15, 0.2) is 0 Å². The highest BCUT2D eigenvalue weighted by Gasteiger charge is 2.35. The monoisotopic (exact) mass is 286 g/mol. The van der Waals surface area contributed by atoms with Crippen LogP contribution in [0.3, 0.4) is 0 Å². The standard InChI is InChI=1S/C16H18N2O3/c1-18(13(9-17)10-6-7-10)15(19)12-8-11-4-2-3-5-14(11)21-16(12)20/h2-5,8,10,13H,6-7,9,17H2,1H3. The highest BCUT2D eigenvalue weighted by molar-refractivity contribution is 5.96. The lowest BCUT2D eigenvalue weighted by Crippen LogP contribution is -2.44. The van der Waals surface area contributed by atoms with Crippen molar-refractivity contribution in [3.8, 4) is 0 Å². The van der Waals surface area contributed by atoms with Crippen molar-refractivity contribution < 1.29 is 9.21 Å². The maximum absolute atomic E-state index is 12.6. The summed E-state index contributed by atoms with van der Waals surface area (Å²) < 4.78 is 5.22. The summed E-state index contributed by atoms with van der Waals surface area (Å²) in [5.41, 5.74) is 5.71. The van der Waals surface area contributed by atoms with Crippen LogP contribution < -0.4 is 11.4 Å². The Morgan fingerprint density at radius 2 is 2.14 bits per heavy atom. The summed E-state index contributed by atoms with van der Waals surface area (Å²) in [6.45, 7) is 0.409. The molecule has 1 saturated carbocycles. The molecule has 1 aliphatic carbocycles. The van der Waals surface area contributed by atoms with Crippen LogP contribution in [0.5, 0.6) is 0 Å². The number of carbonyl (C=O) groups excluding carboxylic acids is 1. The summed E-state index contributed by atoms with van der Waals surface area (Å²) >= 11 is 0. The first-order valence-electron chi connectivity index (χ1n) is 7.12. The lowest BCUT2D eigenvalue weighted by Gasteiger charge is -2.26. The Balaban J connectivity index is 1.97. The Kier molecular flexibility index (Phi) is 3.51. The second-order valence-corrected chi connectivity index (χ2v) is 5.54. The van der Waals surface area contributed by atoms with Crippen molar-refractivity contribution in [1.29, 1.82) is 0 Å². The molecule has 0 saturated heterocycles. The summed E-state index contributed by atoms with van der Waals surface area (Å²) in [6.07, 6.45) is 2.18. The summed E-state index contributed by atoms with van der Waals surface area (Å²) in [4.78, 5) is 26.2. The van der Waals surface area contributed by atoms with E-state index < -0.39 is 5.63 Å². The zero-order valence-electron chi connectivity index (χ0n) is 11.9. The van der Waals surface area contributed by atoms with Crippen LogP contribution in [0.1, 0.15) is 23.2 Å². The number of amides is 1. The van der Waals surface area contributed by atoms with Crippen LogP contribution in [-0.4, -0.2) is 30.4 Å². The van der Waals surface area contributed by atoms with Gasteiger partial charge in [-0.05, 0) is 30.9 Å². The third-order valence-corrected chi connectivity index (χ3v) is 4.10. The highest BCUT2D eigenvalue weighted by atomic mass is 16.4. The number of rotatable bonds is 4. The highest BCUT2D eigenvalue weighted by Crippen LogP contribution is 2.34. The molecule has 0 spiro atoms. The molecule has 3 rings (SSSR count). The van der Waals surface area contributed by atoms with Crippen molar-refractivity contribution in [3.63, 3.8) is 0 Å². The predicted octanol–water partition coefficient (Wildman–Crippen LogP) is 1.60. The topological polar surface area (TPSA) is 76.5 Å². The van der Waals surface area contributed by atoms with E-state index in [1.165, 1.54) is 0 Å². The van der Waals surface area contributed by atoms with Gasteiger partial charge < -0.3 is 15.1 Å². The maximum atomic E-state index is 12.6. The van der Waals surface area contributed by atoms with Gasteiger partial charge in [0.2, 0.25) is 0 Å². The number of nitrogens with two attached hydrogens (primary N) is 1. The summed E-state index contributed by atoms with van der Waals surface area (Å²) in [5, 5.41) is 0.740. The molecule has 0 bridgehead atoms. The van der Waals surface area contributed by atoms with Gasteiger partial charge in [0.05, 0.1) is 0 Å². The third-order valence-electron chi connectivity index (χ3n) is 4.10. The molecule has 110 valence electrons. The Bertz CT molecular complexity index is 734. The number of benzene rings is 1. The van der Waals surface area contributed by atoms with Crippen molar-refractivity contribution in [2.75, 3.05) is 13.6 Å². The van der Waals surface area contributed by atoms with Crippen LogP contribution in [-0.2, 0) is 0 Å². The van der Waals surface area contributed by atoms with Gasteiger partial charge in [-0.15, -0.1) is 0 Å². The molecule has 5 heteroatoms. The second kappa shape index (κ2) is 5.33. The minimum absolute atomic E-state index is 0.0108. The van der Waals surface area contributed by atoms with Gasteiger partial charge in [0.1, 0.15) is 11.1 Å². The van der Waals surface area contributed by atoms with E-state index in [2.05, 4.69) is 0 Å². The van der Waals surface area contributed by atoms with E-state index in [4.69, 9.17) is 10.2 Å². The van der Waals surface area contributed by atoms with E-state index in [1.807, 2.05) is 12.1 Å². The molecule has 2 N–H and O–H groups in total. The van der Waals surface area contributed by atoms with Gasteiger partial charge >= 0.3 is 5.63 Å². The van der Waals surface area contributed by atoms with Crippen LogP contribution in [0.25, 0.3) is 11.0 Å². The van der Waals surface area contributed by atoms with Crippen molar-refractivity contribution in [2.24, 2.45) is 11.7 Å². The number of para-hydroxylation sites is 1. The minimum atomic E-state index is -0.600. The fourth-order valence-corrected chi connectivity index (χ4v) is 2.70. The molecule has 1 aromatic carbocycles. The number of carbonyl (C=O) groups is 1. The molecule has 5 nitrogen and oxygen atoms in total. The molecule has 0 radical (unpaired) electrons. The Morgan fingerprint density at radius 3 is 2.81 bits per heavy atom. The molecule has 0 aliphatic heterocycles. The van der Waals surface area contributed by atoms with Gasteiger partial charge in [-0.25, -0.2) is 4.79 Å². The minimum Gasteiger partial charge on any atom is -0.422 e. The van der Waals surface area contributed by atoms with E-state index in [0.717, 1.165) is 18.2 Å². The molecule has 1 fully saturated rings. The van der Waals surface area contributed by atoms with Crippen LogP contribution in [0.15, 0.2) is 39.5 Å². The zero-order chi connectivity index (χ0) is 15.0. The van der Waals surface area contributed by atoms with E-state index >= 15 is 0 Å². The first kappa shape index (κ1) is 13.8. The van der Waals surface area contributed by atoms with Crippen LogP contribution >= 0.6 is 0 Å². The fourth-order valence-electron chi connectivity index (χ4n) is 2.70. The van der Waals surface area contributed by atoms with Crippen LogP contribution in [0.4, 0.5) is 0 Å². The van der Waals surface area contributed by atoms with Gasteiger partial charge in [-0.3, -0.25) is 4.79 Å². The van der Waals surface area contributed by atoms with Crippen molar-refractivity contribution in [2.45, 2.75) is 18.9 Å². The average molecular weight is 286 g/mol. The largest absolute Gasteiger partial charge is 0.422 e. The van der Waals surface area contributed by atoms with Gasteiger partial charge in [0.25, 0.3) is 5.91 Å². The molecule has 1 unspecified atom stereocenters. The van der Waals surface area contributed by atoms with E-state index in [1.54, 1.807) is 30.1 Å². The molecule has 1 atom stereocenters. The summed E-state index contributed by atoms with van der Waals surface area (Å²) in [6, 6.07) is 8.74. The van der Waals surface area contributed by atoms with E-state index in [-0.39, 0.29) is 17.5 Å². The van der Waals surface area contributed by atoms with Gasteiger partial charge in [-0.2, -0.15) is 0 Å². The SMILES string of the molecule is CN(C(=O)c1cc2ccccc2oc1=O)C(CN)C1CC1. The number of fused-ring (bicyclic) bond motifs is 1. The molecule has 1 aromatic heterocycles. The number of nitrogens with zero attached hydrogens (tertiary/aromatic N) is 1. The number of hydrogen-bond donors (Lipinski definition) is 1. The average Bonchev–Trinajstić information content (AvgIpc) is 3.31. The van der Waals surface area contributed by atoms with Gasteiger partial charge in [0, 0.05) is 25.0 Å². The Morgan fingerprint density at radius 1 is 1.43 bits per heavy atom. The van der Waals surface area contributed by atoms with Crippen molar-refractivity contribution >= 4 is 16.9 Å². The van der Waals surface area contributed by atoms with Crippen LogP contribution in [0, 0.1) is 5.92 Å². The molecule has 1 heterocycles. The van der Waals surface area contributed by atoms with Crippen molar-refractivity contribution in [1.82, 2.24) is 4.90 Å². The Labute approximate surface area is 122 Å². The Hall–Kier alpha value is -2.14.